The van der Waals surface area contributed by atoms with E-state index in [-0.39, 0.29) is 11.6 Å². The van der Waals surface area contributed by atoms with Gasteiger partial charge in [-0.2, -0.15) is 4.68 Å². The Balaban J connectivity index is 1.61. The summed E-state index contributed by atoms with van der Waals surface area (Å²) in [6, 6.07) is 16.9. The van der Waals surface area contributed by atoms with E-state index in [1.54, 1.807) is 6.08 Å². The Bertz CT molecular complexity index is 968. The standard InChI is InChI=1S/C18H15N5O3/c24-17(25)15-10-16(23-18(19-15)20-21-22-23)13-7-4-8-14(9-13)26-11-12-5-2-1-3-6-12/h1-10,16H,11H2,(H,24,25)(H,19,20,22)/t16-/m0/s1. The van der Waals surface area contributed by atoms with Gasteiger partial charge in [-0.3, -0.25) is 0 Å². The first-order valence-corrected chi connectivity index (χ1v) is 7.97. The maximum Gasteiger partial charge on any atom is 0.352 e. The molecule has 0 bridgehead atoms. The molecule has 2 N–H and O–H groups in total. The number of benzene rings is 2. The maximum atomic E-state index is 11.4. The van der Waals surface area contributed by atoms with Crippen LogP contribution in [-0.4, -0.2) is 31.3 Å². The SMILES string of the molecule is O=C(O)C1=C[C@@H](c2cccc(OCc3ccccc3)c2)n2nnnc2N1. The lowest BCUT2D eigenvalue weighted by Gasteiger charge is -2.21. The molecule has 1 aliphatic rings. The molecule has 4 rings (SSSR count). The predicted octanol–water partition coefficient (Wildman–Crippen LogP) is 2.24. The van der Waals surface area contributed by atoms with Crippen molar-refractivity contribution in [2.24, 2.45) is 0 Å². The van der Waals surface area contributed by atoms with Gasteiger partial charge in [0.05, 0.1) is 0 Å². The van der Waals surface area contributed by atoms with Gasteiger partial charge >= 0.3 is 5.97 Å². The lowest BCUT2D eigenvalue weighted by molar-refractivity contribution is -0.132. The Labute approximate surface area is 148 Å². The van der Waals surface area contributed by atoms with Crippen LogP contribution >= 0.6 is 0 Å². The van der Waals surface area contributed by atoms with Gasteiger partial charge < -0.3 is 15.2 Å². The Morgan fingerprint density at radius 2 is 2.04 bits per heavy atom. The summed E-state index contributed by atoms with van der Waals surface area (Å²) in [7, 11) is 0. The Morgan fingerprint density at radius 3 is 2.85 bits per heavy atom. The lowest BCUT2D eigenvalue weighted by Crippen LogP contribution is -2.24. The first kappa shape index (κ1) is 15.8. The molecule has 2 aromatic carbocycles. The topological polar surface area (TPSA) is 102 Å². The molecule has 130 valence electrons. The molecule has 1 atom stereocenters. The molecule has 3 aromatic rings. The van der Waals surface area contributed by atoms with Gasteiger partial charge in [0.15, 0.2) is 0 Å². The number of fused-ring (bicyclic) bond motifs is 1. The highest BCUT2D eigenvalue weighted by atomic mass is 16.5. The van der Waals surface area contributed by atoms with Crippen molar-refractivity contribution in [2.45, 2.75) is 12.6 Å². The molecule has 0 fully saturated rings. The lowest BCUT2D eigenvalue weighted by atomic mass is 10.0. The summed E-state index contributed by atoms with van der Waals surface area (Å²) in [4.78, 5) is 11.4. The minimum absolute atomic E-state index is 0.0351. The molecule has 1 aromatic heterocycles. The zero-order chi connectivity index (χ0) is 17.9. The molecule has 0 spiro atoms. The highest BCUT2D eigenvalue weighted by molar-refractivity contribution is 5.90. The van der Waals surface area contributed by atoms with E-state index >= 15 is 0 Å². The number of ether oxygens (including phenoxy) is 1. The normalized spacial score (nSPS) is 15.5. The summed E-state index contributed by atoms with van der Waals surface area (Å²) in [5.41, 5.74) is 1.92. The number of hydrogen-bond donors (Lipinski definition) is 2. The fourth-order valence-corrected chi connectivity index (χ4v) is 2.75. The van der Waals surface area contributed by atoms with Crippen LogP contribution in [-0.2, 0) is 11.4 Å². The van der Waals surface area contributed by atoms with Crippen LogP contribution in [0.2, 0.25) is 0 Å². The fraction of sp³-hybridized carbons (Fsp3) is 0.111. The van der Waals surface area contributed by atoms with Crippen molar-refractivity contribution in [1.82, 2.24) is 20.2 Å². The van der Waals surface area contributed by atoms with Crippen molar-refractivity contribution in [3.8, 4) is 5.75 Å². The van der Waals surface area contributed by atoms with E-state index in [0.717, 1.165) is 11.1 Å². The highest BCUT2D eigenvalue weighted by Gasteiger charge is 2.26. The summed E-state index contributed by atoms with van der Waals surface area (Å²) >= 11 is 0. The molecule has 0 saturated heterocycles. The average Bonchev–Trinajstić information content (AvgIpc) is 3.15. The Morgan fingerprint density at radius 1 is 1.19 bits per heavy atom. The Kier molecular flexibility index (Phi) is 4.06. The molecule has 1 aliphatic heterocycles. The second kappa shape index (κ2) is 6.67. The highest BCUT2D eigenvalue weighted by Crippen LogP contribution is 2.29. The number of carbonyl (C=O) groups is 1. The van der Waals surface area contributed by atoms with Gasteiger partial charge in [0.25, 0.3) is 0 Å². The molecule has 26 heavy (non-hydrogen) atoms. The largest absolute Gasteiger partial charge is 0.489 e. The smallest absolute Gasteiger partial charge is 0.352 e. The van der Waals surface area contributed by atoms with Crippen LogP contribution in [0.25, 0.3) is 0 Å². The summed E-state index contributed by atoms with van der Waals surface area (Å²) < 4.78 is 7.38. The van der Waals surface area contributed by atoms with E-state index < -0.39 is 12.0 Å². The summed E-state index contributed by atoms with van der Waals surface area (Å²) in [6.45, 7) is 0.447. The third-order valence-corrected chi connectivity index (χ3v) is 4.01. The molecule has 0 radical (unpaired) electrons. The predicted molar refractivity (Wildman–Crippen MR) is 92.5 cm³/mol. The first-order valence-electron chi connectivity index (χ1n) is 7.97. The zero-order valence-corrected chi connectivity index (χ0v) is 13.6. The van der Waals surface area contributed by atoms with Gasteiger partial charge in [0, 0.05) is 0 Å². The zero-order valence-electron chi connectivity index (χ0n) is 13.6. The molecule has 0 aliphatic carbocycles. The number of tetrazole rings is 1. The fourth-order valence-electron chi connectivity index (χ4n) is 2.75. The van der Waals surface area contributed by atoms with Crippen molar-refractivity contribution in [2.75, 3.05) is 5.32 Å². The van der Waals surface area contributed by atoms with Gasteiger partial charge in [-0.05, 0) is 39.8 Å². The number of nitrogens with zero attached hydrogens (tertiary/aromatic N) is 4. The van der Waals surface area contributed by atoms with E-state index in [4.69, 9.17) is 4.74 Å². The summed E-state index contributed by atoms with van der Waals surface area (Å²) in [5, 5.41) is 23.4. The van der Waals surface area contributed by atoms with E-state index in [9.17, 15) is 9.90 Å². The van der Waals surface area contributed by atoms with Crippen molar-refractivity contribution >= 4 is 11.9 Å². The average molecular weight is 349 g/mol. The molecule has 8 nitrogen and oxygen atoms in total. The maximum absolute atomic E-state index is 11.4. The van der Waals surface area contributed by atoms with Crippen LogP contribution < -0.4 is 10.1 Å². The molecule has 8 heteroatoms. The number of allylic oxidation sites excluding steroid dienone is 1. The minimum atomic E-state index is -1.07. The van der Waals surface area contributed by atoms with Gasteiger partial charge in [-0.15, -0.1) is 0 Å². The van der Waals surface area contributed by atoms with E-state index in [2.05, 4.69) is 20.8 Å². The minimum Gasteiger partial charge on any atom is -0.489 e. The number of hydrogen-bond acceptors (Lipinski definition) is 6. The van der Waals surface area contributed by atoms with Gasteiger partial charge in [0.2, 0.25) is 5.95 Å². The number of aliphatic carboxylic acids is 1. The van der Waals surface area contributed by atoms with Crippen LogP contribution in [0.4, 0.5) is 5.95 Å². The third kappa shape index (κ3) is 3.12. The third-order valence-electron chi connectivity index (χ3n) is 4.01. The van der Waals surface area contributed by atoms with Gasteiger partial charge in [0.1, 0.15) is 24.1 Å². The number of aromatic nitrogens is 4. The molecule has 0 saturated carbocycles. The molecule has 0 unspecified atom stereocenters. The summed E-state index contributed by atoms with van der Waals surface area (Å²) in [5.74, 6) is -0.101. The molecule has 0 amide bonds. The van der Waals surface area contributed by atoms with Crippen LogP contribution in [0.5, 0.6) is 5.75 Å². The second-order valence-electron chi connectivity index (χ2n) is 5.75. The van der Waals surface area contributed by atoms with Gasteiger partial charge in [-0.25, -0.2) is 4.79 Å². The number of rotatable bonds is 5. The number of carboxylic acids is 1. The number of carboxylic acid groups (broad SMARTS) is 1. The van der Waals surface area contributed by atoms with Crippen LogP contribution in [0.1, 0.15) is 17.2 Å². The van der Waals surface area contributed by atoms with Gasteiger partial charge in [-0.1, -0.05) is 47.6 Å². The van der Waals surface area contributed by atoms with Crippen molar-refractivity contribution in [1.29, 1.82) is 0 Å². The number of nitrogens with one attached hydrogen (secondary N) is 1. The second-order valence-corrected chi connectivity index (χ2v) is 5.75. The van der Waals surface area contributed by atoms with E-state index in [0.29, 0.717) is 12.4 Å². The van der Waals surface area contributed by atoms with E-state index in [1.165, 1.54) is 4.68 Å². The van der Waals surface area contributed by atoms with Crippen molar-refractivity contribution < 1.29 is 14.6 Å². The molecular formula is C18H15N5O3. The van der Waals surface area contributed by atoms with Crippen molar-refractivity contribution in [3.63, 3.8) is 0 Å². The summed E-state index contributed by atoms with van der Waals surface area (Å²) in [6.07, 6.45) is 1.57. The van der Waals surface area contributed by atoms with E-state index in [1.807, 2.05) is 54.6 Å². The first-order chi connectivity index (χ1) is 12.7. The molecular weight excluding hydrogens is 334 g/mol. The quantitative estimate of drug-likeness (QED) is 0.728. The number of anilines is 1. The molecule has 2 heterocycles. The van der Waals surface area contributed by atoms with Crippen LogP contribution in [0, 0.1) is 0 Å². The van der Waals surface area contributed by atoms with Crippen LogP contribution in [0.3, 0.4) is 0 Å². The van der Waals surface area contributed by atoms with Crippen LogP contribution in [0.15, 0.2) is 66.4 Å². The monoisotopic (exact) mass is 349 g/mol. The Hall–Kier alpha value is -3.68. The van der Waals surface area contributed by atoms with Crippen molar-refractivity contribution in [3.05, 3.63) is 77.5 Å².